The van der Waals surface area contributed by atoms with Gasteiger partial charge in [-0.3, -0.25) is 0 Å². The summed E-state index contributed by atoms with van der Waals surface area (Å²) in [7, 11) is 0. The van der Waals surface area contributed by atoms with Crippen LogP contribution in [0.1, 0.15) is 37.7 Å². The molecule has 1 N–H and O–H groups in total. The first-order valence-electron chi connectivity index (χ1n) is 6.41. The predicted molar refractivity (Wildman–Crippen MR) is 78.3 cm³/mol. The number of tetrazole rings is 1. The fraction of sp³-hybridized carbons (Fsp3) is 0.462. The van der Waals surface area contributed by atoms with E-state index in [9.17, 15) is 0 Å². The Morgan fingerprint density at radius 2 is 2.16 bits per heavy atom. The normalized spacial score (nSPS) is 12.6. The van der Waals surface area contributed by atoms with Crippen LogP contribution in [0.3, 0.4) is 0 Å². The van der Waals surface area contributed by atoms with Crippen LogP contribution in [0.4, 0.5) is 0 Å². The third kappa shape index (κ3) is 3.39. The maximum atomic E-state index is 4.13. The fourth-order valence-corrected chi connectivity index (χ4v) is 2.54. The Bertz CT molecular complexity index is 531. The predicted octanol–water partition coefficient (Wildman–Crippen LogP) is 2.79. The number of nitrogens with zero attached hydrogens (tertiary/aromatic N) is 4. The van der Waals surface area contributed by atoms with E-state index in [1.165, 1.54) is 5.56 Å². The van der Waals surface area contributed by atoms with Gasteiger partial charge in [0, 0.05) is 4.47 Å². The van der Waals surface area contributed by atoms with Gasteiger partial charge in [0.2, 0.25) is 0 Å². The van der Waals surface area contributed by atoms with Crippen LogP contribution in [-0.4, -0.2) is 26.8 Å². The van der Waals surface area contributed by atoms with Gasteiger partial charge in [-0.1, -0.05) is 22.9 Å². The first kappa shape index (κ1) is 14.1. The SMILES string of the molecule is CCCNC(C)c1nnnn1-c1cc(C)cc(Br)c1. The van der Waals surface area contributed by atoms with Crippen LogP contribution in [-0.2, 0) is 0 Å². The van der Waals surface area contributed by atoms with E-state index in [1.54, 1.807) is 4.68 Å². The minimum Gasteiger partial charge on any atom is -0.307 e. The van der Waals surface area contributed by atoms with Crippen molar-refractivity contribution in [1.29, 1.82) is 0 Å². The molecule has 6 heteroatoms. The largest absolute Gasteiger partial charge is 0.307 e. The molecule has 0 aliphatic rings. The van der Waals surface area contributed by atoms with Crippen LogP contribution >= 0.6 is 15.9 Å². The Morgan fingerprint density at radius 3 is 2.84 bits per heavy atom. The van der Waals surface area contributed by atoms with E-state index in [0.717, 1.165) is 29.0 Å². The number of benzene rings is 1. The summed E-state index contributed by atoms with van der Waals surface area (Å²) in [6, 6.07) is 6.26. The molecule has 1 aromatic heterocycles. The van der Waals surface area contributed by atoms with Crippen LogP contribution in [0.5, 0.6) is 0 Å². The molecule has 1 atom stereocenters. The van der Waals surface area contributed by atoms with Crippen molar-refractivity contribution >= 4 is 15.9 Å². The summed E-state index contributed by atoms with van der Waals surface area (Å²) in [5.74, 6) is 0.825. The van der Waals surface area contributed by atoms with E-state index < -0.39 is 0 Å². The molecule has 102 valence electrons. The molecule has 2 aromatic rings. The highest BCUT2D eigenvalue weighted by atomic mass is 79.9. The van der Waals surface area contributed by atoms with Gasteiger partial charge in [0.05, 0.1) is 11.7 Å². The molecule has 0 bridgehead atoms. The van der Waals surface area contributed by atoms with Crippen molar-refractivity contribution in [2.45, 2.75) is 33.2 Å². The highest BCUT2D eigenvalue weighted by Gasteiger charge is 2.15. The average molecular weight is 324 g/mol. The van der Waals surface area contributed by atoms with Gasteiger partial charge in [-0.15, -0.1) is 5.10 Å². The Balaban J connectivity index is 2.32. The summed E-state index contributed by atoms with van der Waals surface area (Å²) in [6.45, 7) is 7.21. The van der Waals surface area contributed by atoms with E-state index in [0.29, 0.717) is 0 Å². The van der Waals surface area contributed by atoms with Crippen LogP contribution in [0.25, 0.3) is 5.69 Å². The monoisotopic (exact) mass is 323 g/mol. The maximum absolute atomic E-state index is 4.13. The molecular formula is C13H18BrN5. The number of aromatic nitrogens is 4. The number of aryl methyl sites for hydroxylation is 1. The molecule has 5 nitrogen and oxygen atoms in total. The second-order valence-corrected chi connectivity index (χ2v) is 5.53. The standard InChI is InChI=1S/C13H18BrN5/c1-4-5-15-10(3)13-16-17-18-19(13)12-7-9(2)6-11(14)8-12/h6-8,10,15H,4-5H2,1-3H3. The molecule has 0 saturated carbocycles. The first-order chi connectivity index (χ1) is 9.11. The van der Waals surface area contributed by atoms with Crippen LogP contribution in [0.15, 0.2) is 22.7 Å². The van der Waals surface area contributed by atoms with Crippen molar-refractivity contribution in [2.75, 3.05) is 6.54 Å². The quantitative estimate of drug-likeness (QED) is 0.919. The topological polar surface area (TPSA) is 55.6 Å². The van der Waals surface area contributed by atoms with Crippen molar-refractivity contribution < 1.29 is 0 Å². The highest BCUT2D eigenvalue weighted by Crippen LogP contribution is 2.20. The molecule has 1 unspecified atom stereocenters. The Morgan fingerprint density at radius 1 is 1.37 bits per heavy atom. The number of rotatable bonds is 5. The molecule has 2 rings (SSSR count). The van der Waals surface area contributed by atoms with E-state index in [4.69, 9.17) is 0 Å². The van der Waals surface area contributed by atoms with E-state index in [-0.39, 0.29) is 6.04 Å². The molecule has 1 heterocycles. The highest BCUT2D eigenvalue weighted by molar-refractivity contribution is 9.10. The van der Waals surface area contributed by atoms with Gasteiger partial charge >= 0.3 is 0 Å². The zero-order chi connectivity index (χ0) is 13.8. The van der Waals surface area contributed by atoms with E-state index in [2.05, 4.69) is 69.7 Å². The zero-order valence-corrected chi connectivity index (χ0v) is 13.0. The molecule has 0 aliphatic heterocycles. The average Bonchev–Trinajstić information content (AvgIpc) is 2.84. The molecule has 19 heavy (non-hydrogen) atoms. The van der Waals surface area contributed by atoms with E-state index >= 15 is 0 Å². The molecule has 0 spiro atoms. The van der Waals surface area contributed by atoms with Gasteiger partial charge in [-0.2, -0.15) is 4.68 Å². The van der Waals surface area contributed by atoms with E-state index in [1.807, 2.05) is 6.07 Å². The lowest BCUT2D eigenvalue weighted by Crippen LogP contribution is -2.22. The van der Waals surface area contributed by atoms with Crippen LogP contribution in [0, 0.1) is 6.92 Å². The number of hydrogen-bond acceptors (Lipinski definition) is 4. The summed E-state index contributed by atoms with van der Waals surface area (Å²) < 4.78 is 2.81. The third-order valence-electron chi connectivity index (χ3n) is 2.85. The number of halogens is 1. The minimum atomic E-state index is 0.120. The van der Waals surface area contributed by atoms with Crippen LogP contribution < -0.4 is 5.32 Å². The van der Waals surface area contributed by atoms with Crippen LogP contribution in [0.2, 0.25) is 0 Å². The second kappa shape index (κ2) is 6.25. The van der Waals surface area contributed by atoms with Gasteiger partial charge in [0.1, 0.15) is 0 Å². The van der Waals surface area contributed by atoms with Crippen molar-refractivity contribution in [2.24, 2.45) is 0 Å². The zero-order valence-electron chi connectivity index (χ0n) is 11.4. The smallest absolute Gasteiger partial charge is 0.173 e. The Labute approximate surface area is 121 Å². The van der Waals surface area contributed by atoms with Crippen molar-refractivity contribution in [3.8, 4) is 5.69 Å². The van der Waals surface area contributed by atoms with Gasteiger partial charge in [0.15, 0.2) is 5.82 Å². The van der Waals surface area contributed by atoms with Crippen molar-refractivity contribution in [3.05, 3.63) is 34.1 Å². The minimum absolute atomic E-state index is 0.120. The lowest BCUT2D eigenvalue weighted by molar-refractivity contribution is 0.531. The number of nitrogens with one attached hydrogen (secondary N) is 1. The lowest BCUT2D eigenvalue weighted by Gasteiger charge is -2.13. The summed E-state index contributed by atoms with van der Waals surface area (Å²) in [5, 5.41) is 15.4. The van der Waals surface area contributed by atoms with Gasteiger partial charge in [-0.25, -0.2) is 0 Å². The van der Waals surface area contributed by atoms with Gasteiger partial charge in [-0.05, 0) is 61.0 Å². The molecule has 0 aliphatic carbocycles. The second-order valence-electron chi connectivity index (χ2n) is 4.61. The lowest BCUT2D eigenvalue weighted by atomic mass is 10.2. The summed E-state index contributed by atoms with van der Waals surface area (Å²) in [5.41, 5.74) is 2.14. The van der Waals surface area contributed by atoms with Crippen molar-refractivity contribution in [1.82, 2.24) is 25.5 Å². The third-order valence-corrected chi connectivity index (χ3v) is 3.31. The number of hydrogen-bond donors (Lipinski definition) is 1. The van der Waals surface area contributed by atoms with Gasteiger partial charge < -0.3 is 5.32 Å². The molecule has 0 fully saturated rings. The summed E-state index contributed by atoms with van der Waals surface area (Å²) in [4.78, 5) is 0. The van der Waals surface area contributed by atoms with Crippen molar-refractivity contribution in [3.63, 3.8) is 0 Å². The molecule has 0 saturated heterocycles. The first-order valence-corrected chi connectivity index (χ1v) is 7.20. The fourth-order valence-electron chi connectivity index (χ4n) is 1.94. The Kier molecular flexibility index (Phi) is 4.66. The molecule has 0 radical (unpaired) electrons. The molecule has 0 amide bonds. The van der Waals surface area contributed by atoms with Gasteiger partial charge in [0.25, 0.3) is 0 Å². The summed E-state index contributed by atoms with van der Waals surface area (Å²) >= 11 is 3.50. The molecule has 1 aromatic carbocycles. The summed E-state index contributed by atoms with van der Waals surface area (Å²) in [6.07, 6.45) is 1.09. The molecular weight excluding hydrogens is 306 g/mol. The Hall–Kier alpha value is -1.27. The maximum Gasteiger partial charge on any atom is 0.173 e.